The van der Waals surface area contributed by atoms with Crippen LogP contribution in [0.3, 0.4) is 0 Å². The molecule has 0 atom stereocenters. The molecule has 0 aliphatic carbocycles. The van der Waals surface area contributed by atoms with Gasteiger partial charge < -0.3 is 24.6 Å². The second-order valence-corrected chi connectivity index (χ2v) is 17.4. The van der Waals surface area contributed by atoms with E-state index in [9.17, 15) is 36.0 Å². The van der Waals surface area contributed by atoms with Gasteiger partial charge in [-0.1, -0.05) is 48.2 Å². The Morgan fingerprint density at radius 2 is 1.55 bits per heavy atom. The van der Waals surface area contributed by atoms with E-state index >= 15 is 0 Å². The molecule has 284 valence electrons. The number of nitrogens with zero attached hydrogens (tertiary/aromatic N) is 2. The van der Waals surface area contributed by atoms with Crippen LogP contribution in [-0.2, 0) is 40.9 Å². The Kier molecular flexibility index (Phi) is 11.4. The molecule has 0 saturated heterocycles. The molecule has 6 aromatic rings. The second-order valence-electron chi connectivity index (χ2n) is 12.7. The minimum absolute atomic E-state index is 0.0601. The zero-order chi connectivity index (χ0) is 38.7. The summed E-state index contributed by atoms with van der Waals surface area (Å²) in [5.41, 5.74) is 2.50. The van der Waals surface area contributed by atoms with Gasteiger partial charge >= 0.3 is 0 Å². The quantitative estimate of drug-likeness (QED) is 0.0263. The van der Waals surface area contributed by atoms with Crippen LogP contribution in [0.1, 0.15) is 25.0 Å². The van der Waals surface area contributed by atoms with Crippen LogP contribution in [0, 0.1) is 0 Å². The zero-order valence-corrected chi connectivity index (χ0v) is 32.0. The third kappa shape index (κ3) is 9.12. The SMILES string of the molecule is O=C(CC[n+]1c(C=C2Sc3cc4cc5ccccc5cc4cc3N2CCCCS(=O)(=O)[O-])ccc2ccccc21)Nc1cc(S(=O)(=O)[O-])ccc1SOO[O-]. The summed E-state index contributed by atoms with van der Waals surface area (Å²) >= 11 is 2.01. The first-order chi connectivity index (χ1) is 26.4. The van der Waals surface area contributed by atoms with Crippen molar-refractivity contribution in [3.63, 3.8) is 0 Å². The van der Waals surface area contributed by atoms with E-state index in [4.69, 9.17) is 0 Å². The van der Waals surface area contributed by atoms with E-state index in [-0.39, 0.29) is 30.0 Å². The Hall–Kier alpha value is -4.56. The highest BCUT2D eigenvalue weighted by Gasteiger charge is 2.28. The lowest BCUT2D eigenvalue weighted by Gasteiger charge is -2.21. The van der Waals surface area contributed by atoms with Gasteiger partial charge in [0.15, 0.2) is 6.54 Å². The third-order valence-electron chi connectivity index (χ3n) is 9.05. The molecule has 2 heterocycles. The molecule has 1 aliphatic rings. The van der Waals surface area contributed by atoms with Crippen LogP contribution in [0.25, 0.3) is 38.5 Å². The van der Waals surface area contributed by atoms with Gasteiger partial charge in [0, 0.05) is 40.8 Å². The average molecular weight is 818 g/mol. The standard InChI is InChI=1S/C38H33N3O10S4/c42-37(39-32-24-31(55(47,48)49)13-14-35(32)53-51-50-43)15-17-40-30(12-11-25-7-3-4-10-33(25)40)23-38-41(16-5-6-18-54(44,45)46)34-21-28-19-26-8-1-2-9-27(26)20-29(28)22-36(34)52-38/h1-4,7-14,19-24H,5-6,15-18H2,(H3-,39,42,43,44,45,46,47,48,49)/p-2. The summed E-state index contributed by atoms with van der Waals surface area (Å²) < 4.78 is 75.6. The summed E-state index contributed by atoms with van der Waals surface area (Å²) in [7, 11) is -9.21. The first-order valence-corrected chi connectivity index (χ1v) is 21.4. The molecule has 1 amide bonds. The van der Waals surface area contributed by atoms with E-state index in [1.54, 1.807) is 11.8 Å². The maximum atomic E-state index is 13.4. The summed E-state index contributed by atoms with van der Waals surface area (Å²) in [6.45, 7) is 0.639. The van der Waals surface area contributed by atoms with Gasteiger partial charge in [-0.05, 0) is 89.0 Å². The lowest BCUT2D eigenvalue weighted by atomic mass is 10.0. The molecule has 0 bridgehead atoms. The molecule has 0 fully saturated rings. The fourth-order valence-corrected chi connectivity index (χ4v) is 9.16. The van der Waals surface area contributed by atoms with Gasteiger partial charge in [-0.2, -0.15) is 8.90 Å². The number of carbonyl (C=O) groups is 1. The maximum Gasteiger partial charge on any atom is 0.230 e. The van der Waals surface area contributed by atoms with Crippen molar-refractivity contribution in [3.05, 3.63) is 114 Å². The predicted octanol–water partition coefficient (Wildman–Crippen LogP) is 5.83. The maximum absolute atomic E-state index is 13.4. The predicted molar refractivity (Wildman–Crippen MR) is 206 cm³/mol. The molecule has 1 aliphatic heterocycles. The van der Waals surface area contributed by atoms with E-state index in [1.807, 2.05) is 59.2 Å². The number of benzene rings is 5. The number of carbonyl (C=O) groups excluding carboxylic acids is 1. The molecule has 55 heavy (non-hydrogen) atoms. The molecule has 0 saturated carbocycles. The highest BCUT2D eigenvalue weighted by Crippen LogP contribution is 2.48. The largest absolute Gasteiger partial charge is 0.748 e. The molecule has 1 aromatic heterocycles. The lowest BCUT2D eigenvalue weighted by molar-refractivity contribution is -0.777. The number of rotatable bonds is 14. The van der Waals surface area contributed by atoms with Crippen LogP contribution < -0.4 is 20.0 Å². The van der Waals surface area contributed by atoms with Crippen LogP contribution in [0.2, 0.25) is 0 Å². The van der Waals surface area contributed by atoms with Gasteiger partial charge in [-0.3, -0.25) is 9.83 Å². The number of para-hydroxylation sites is 1. The van der Waals surface area contributed by atoms with Gasteiger partial charge in [-0.15, -0.1) is 0 Å². The lowest BCUT2D eigenvalue weighted by Crippen LogP contribution is -2.39. The van der Waals surface area contributed by atoms with Crippen LogP contribution in [0.15, 0.2) is 123 Å². The van der Waals surface area contributed by atoms with Crippen molar-refractivity contribution in [3.8, 4) is 0 Å². The first-order valence-electron chi connectivity index (χ1n) is 16.9. The number of anilines is 2. The molecule has 5 aromatic carbocycles. The summed E-state index contributed by atoms with van der Waals surface area (Å²) in [4.78, 5) is 16.1. The molecular formula is C38H31N3O10S4-2. The van der Waals surface area contributed by atoms with Crippen molar-refractivity contribution in [2.24, 2.45) is 0 Å². The van der Waals surface area contributed by atoms with E-state index < -0.39 is 36.8 Å². The summed E-state index contributed by atoms with van der Waals surface area (Å²) in [6.07, 6.45) is 2.59. The summed E-state index contributed by atoms with van der Waals surface area (Å²) in [5.74, 6) is -0.964. The van der Waals surface area contributed by atoms with Crippen LogP contribution >= 0.6 is 23.8 Å². The van der Waals surface area contributed by atoms with Gasteiger partial charge in [0.2, 0.25) is 17.1 Å². The molecule has 7 rings (SSSR count). The van der Waals surface area contributed by atoms with Gasteiger partial charge in [0.25, 0.3) is 0 Å². The number of amides is 1. The molecule has 17 heteroatoms. The fourth-order valence-electron chi connectivity index (χ4n) is 6.52. The Morgan fingerprint density at radius 3 is 2.25 bits per heavy atom. The minimum atomic E-state index is -4.86. The van der Waals surface area contributed by atoms with Crippen LogP contribution in [-0.4, -0.2) is 44.1 Å². The van der Waals surface area contributed by atoms with E-state index in [1.165, 1.54) is 6.07 Å². The van der Waals surface area contributed by atoms with Gasteiger partial charge in [0.1, 0.15) is 10.1 Å². The van der Waals surface area contributed by atoms with Crippen LogP contribution in [0.5, 0.6) is 0 Å². The molecule has 13 nitrogen and oxygen atoms in total. The van der Waals surface area contributed by atoms with Crippen molar-refractivity contribution in [1.82, 2.24) is 0 Å². The fraction of sp³-hybridized carbons (Fsp3) is 0.158. The van der Waals surface area contributed by atoms with Gasteiger partial charge in [0.05, 0.1) is 54.8 Å². The van der Waals surface area contributed by atoms with E-state index in [0.29, 0.717) is 25.0 Å². The average Bonchev–Trinajstić information content (AvgIpc) is 3.47. The number of hydrogen-bond acceptors (Lipinski definition) is 13. The smallest absolute Gasteiger partial charge is 0.230 e. The second kappa shape index (κ2) is 16.3. The topological polar surface area (TPSA) is 192 Å². The Labute approximate surface area is 325 Å². The van der Waals surface area contributed by atoms with Crippen molar-refractivity contribution >= 4 is 99.8 Å². The third-order valence-corrected chi connectivity index (χ3v) is 12.4. The number of fused-ring (bicyclic) bond motifs is 4. The first kappa shape index (κ1) is 38.7. The molecule has 0 spiro atoms. The highest BCUT2D eigenvalue weighted by atomic mass is 32.2. The number of unbranched alkanes of at least 4 members (excludes halogenated alkanes) is 1. The van der Waals surface area contributed by atoms with Gasteiger partial charge in [-0.25, -0.2) is 16.8 Å². The number of nitrogens with one attached hydrogen (secondary N) is 1. The Balaban J connectivity index is 1.22. The summed E-state index contributed by atoms with van der Waals surface area (Å²) in [5, 5.41) is 22.6. The molecule has 1 N–H and O–H groups in total. The normalized spacial score (nSPS) is 13.9. The highest BCUT2D eigenvalue weighted by molar-refractivity contribution is 8.04. The number of aromatic nitrogens is 1. The van der Waals surface area contributed by atoms with E-state index in [2.05, 4.69) is 56.0 Å². The molecule has 0 unspecified atom stereocenters. The van der Waals surface area contributed by atoms with Crippen LogP contribution in [0.4, 0.5) is 11.4 Å². The Bertz CT molecular complexity index is 2710. The minimum Gasteiger partial charge on any atom is -0.748 e. The zero-order valence-electron chi connectivity index (χ0n) is 28.7. The van der Waals surface area contributed by atoms with Crippen molar-refractivity contribution in [1.29, 1.82) is 0 Å². The molecular weight excluding hydrogens is 787 g/mol. The number of aryl methyl sites for hydroxylation is 1. The van der Waals surface area contributed by atoms with Crippen molar-refractivity contribution in [2.45, 2.75) is 40.5 Å². The van der Waals surface area contributed by atoms with Crippen molar-refractivity contribution in [2.75, 3.05) is 22.5 Å². The Morgan fingerprint density at radius 1 is 0.836 bits per heavy atom. The number of hydrogen-bond donors (Lipinski definition) is 1. The summed E-state index contributed by atoms with van der Waals surface area (Å²) in [6, 6.07) is 31.5. The monoisotopic (exact) mass is 817 g/mol. The van der Waals surface area contributed by atoms with Crippen molar-refractivity contribution < 1.29 is 49.9 Å². The molecule has 0 radical (unpaired) electrons. The number of thioether (sulfide) groups is 1. The van der Waals surface area contributed by atoms with E-state index in [0.717, 1.165) is 65.9 Å². The number of pyridine rings is 1.